The molecule has 0 radical (unpaired) electrons. The Bertz CT molecular complexity index is 1010. The molecule has 16 heteroatoms. The fourth-order valence-corrected chi connectivity index (χ4v) is 6.13. The van der Waals surface area contributed by atoms with E-state index in [1.807, 2.05) is 0 Å². The number of aromatic nitrogens is 4. The van der Waals surface area contributed by atoms with Crippen molar-refractivity contribution in [2.75, 3.05) is 16.8 Å². The number of alkyl halides is 6. The standard InChI is InChI=1S/C19H19F6N5O2S3/c20-18(21,22)16(3-4-16)10(31)9-13-29-27-11(34-13)1-7-33-8-2-12-28-30-15(35-12)26-14(32)17(5-6-17)19(23,24)25/h1-9H2,(H,26,30,32). The predicted octanol–water partition coefficient (Wildman–Crippen LogP) is 4.64. The average molecular weight is 560 g/mol. The SMILES string of the molecule is O=C(Cc1nnc(CCSCCc2nnc(NC(=O)C3(C(F)(F)F)CC3)s2)s1)C1(C(F)(F)F)CC1. The normalized spacial score (nSPS) is 18.3. The van der Waals surface area contributed by atoms with E-state index >= 15 is 0 Å². The number of thioether (sulfide) groups is 1. The number of Topliss-reactive ketones (excluding diaryl/α,β-unsaturated/α-hetero) is 1. The van der Waals surface area contributed by atoms with E-state index in [0.29, 0.717) is 34.4 Å². The van der Waals surface area contributed by atoms with Crippen LogP contribution in [0.1, 0.15) is 40.7 Å². The monoisotopic (exact) mass is 559 g/mol. The lowest BCUT2D eigenvalue weighted by atomic mass is 9.98. The molecule has 2 fully saturated rings. The second-order valence-corrected chi connectivity index (χ2v) is 11.9. The van der Waals surface area contributed by atoms with Gasteiger partial charge in [0.1, 0.15) is 25.9 Å². The fraction of sp³-hybridized carbons (Fsp3) is 0.684. The highest BCUT2D eigenvalue weighted by molar-refractivity contribution is 7.99. The van der Waals surface area contributed by atoms with Crippen LogP contribution in [0.2, 0.25) is 0 Å². The summed E-state index contributed by atoms with van der Waals surface area (Å²) in [6, 6.07) is 0. The number of rotatable bonds is 11. The molecule has 4 rings (SSSR count). The van der Waals surface area contributed by atoms with Crippen molar-refractivity contribution in [2.24, 2.45) is 10.8 Å². The molecule has 0 spiro atoms. The zero-order valence-corrected chi connectivity index (χ0v) is 20.4. The Labute approximate surface area is 207 Å². The Morgan fingerprint density at radius 3 is 1.86 bits per heavy atom. The van der Waals surface area contributed by atoms with Crippen LogP contribution in [-0.2, 0) is 28.9 Å². The first-order chi connectivity index (χ1) is 16.4. The number of anilines is 1. The number of hydrogen-bond donors (Lipinski definition) is 1. The minimum atomic E-state index is -4.59. The van der Waals surface area contributed by atoms with Crippen LogP contribution in [0.4, 0.5) is 31.5 Å². The van der Waals surface area contributed by atoms with Crippen molar-refractivity contribution in [1.29, 1.82) is 0 Å². The molecular weight excluding hydrogens is 540 g/mol. The maximum absolute atomic E-state index is 13.0. The minimum absolute atomic E-state index is 0.0277. The van der Waals surface area contributed by atoms with Crippen molar-refractivity contribution < 1.29 is 35.9 Å². The van der Waals surface area contributed by atoms with Gasteiger partial charge in [-0.2, -0.15) is 38.1 Å². The van der Waals surface area contributed by atoms with Crippen molar-refractivity contribution in [2.45, 2.75) is 57.3 Å². The van der Waals surface area contributed by atoms with Crippen LogP contribution in [0.5, 0.6) is 0 Å². The topological polar surface area (TPSA) is 97.7 Å². The molecule has 2 aromatic rings. The van der Waals surface area contributed by atoms with Gasteiger partial charge in [0.2, 0.25) is 11.0 Å². The van der Waals surface area contributed by atoms with E-state index in [4.69, 9.17) is 0 Å². The molecule has 2 aromatic heterocycles. The zero-order chi connectivity index (χ0) is 25.5. The van der Waals surface area contributed by atoms with Crippen molar-refractivity contribution in [3.8, 4) is 0 Å². The molecule has 2 aliphatic rings. The van der Waals surface area contributed by atoms with Gasteiger partial charge in [0, 0.05) is 12.8 Å². The van der Waals surface area contributed by atoms with E-state index in [0.717, 1.165) is 22.7 Å². The number of carbonyl (C=O) groups is 2. The largest absolute Gasteiger partial charge is 0.403 e. The highest BCUT2D eigenvalue weighted by atomic mass is 32.2. The maximum Gasteiger partial charge on any atom is 0.403 e. The molecule has 0 unspecified atom stereocenters. The maximum atomic E-state index is 13.0. The first kappa shape index (κ1) is 26.3. The van der Waals surface area contributed by atoms with Gasteiger partial charge in [0.25, 0.3) is 0 Å². The number of hydrogen-bond acceptors (Lipinski definition) is 9. The van der Waals surface area contributed by atoms with Crippen LogP contribution in [0.15, 0.2) is 0 Å². The molecule has 0 aromatic carbocycles. The summed E-state index contributed by atoms with van der Waals surface area (Å²) in [7, 11) is 0. The number of halogens is 6. The van der Waals surface area contributed by atoms with E-state index in [-0.39, 0.29) is 42.2 Å². The summed E-state index contributed by atoms with van der Waals surface area (Å²) >= 11 is 3.69. The van der Waals surface area contributed by atoms with E-state index in [9.17, 15) is 35.9 Å². The van der Waals surface area contributed by atoms with Gasteiger partial charge in [-0.05, 0) is 37.2 Å². The Morgan fingerprint density at radius 2 is 1.31 bits per heavy atom. The van der Waals surface area contributed by atoms with E-state index < -0.39 is 34.9 Å². The van der Waals surface area contributed by atoms with Gasteiger partial charge in [0.05, 0.1) is 6.42 Å². The van der Waals surface area contributed by atoms with Gasteiger partial charge in [-0.1, -0.05) is 11.3 Å². The lowest BCUT2D eigenvalue weighted by Crippen LogP contribution is -2.36. The van der Waals surface area contributed by atoms with E-state index in [1.54, 1.807) is 11.8 Å². The second-order valence-electron chi connectivity index (χ2n) is 8.42. The summed E-state index contributed by atoms with van der Waals surface area (Å²) in [5.41, 5.74) is -4.52. The first-order valence-corrected chi connectivity index (χ1v) is 13.3. The van der Waals surface area contributed by atoms with Crippen LogP contribution < -0.4 is 5.32 Å². The second kappa shape index (κ2) is 9.57. The fourth-order valence-electron chi connectivity index (χ4n) is 3.42. The molecule has 0 bridgehead atoms. The smallest absolute Gasteiger partial charge is 0.300 e. The lowest BCUT2D eigenvalue weighted by Gasteiger charge is -2.17. The molecule has 7 nitrogen and oxygen atoms in total. The lowest BCUT2D eigenvalue weighted by molar-refractivity contribution is -0.191. The van der Waals surface area contributed by atoms with Gasteiger partial charge in [-0.25, -0.2) is 0 Å². The van der Waals surface area contributed by atoms with Crippen LogP contribution in [-0.4, -0.2) is 55.9 Å². The van der Waals surface area contributed by atoms with Crippen molar-refractivity contribution >= 4 is 51.3 Å². The van der Waals surface area contributed by atoms with Crippen molar-refractivity contribution in [3.63, 3.8) is 0 Å². The Kier molecular flexibility index (Phi) is 7.18. The zero-order valence-electron chi connectivity index (χ0n) is 18.0. The van der Waals surface area contributed by atoms with Crippen molar-refractivity contribution in [3.05, 3.63) is 15.0 Å². The number of nitrogens with zero attached hydrogens (tertiary/aromatic N) is 4. The Balaban J connectivity index is 1.16. The number of carbonyl (C=O) groups excluding carboxylic acids is 2. The van der Waals surface area contributed by atoms with Gasteiger partial charge in [0.15, 0.2) is 5.78 Å². The third-order valence-corrected chi connectivity index (χ3v) is 8.85. The summed E-state index contributed by atoms with van der Waals surface area (Å²) < 4.78 is 78.1. The molecule has 2 saturated carbocycles. The number of aryl methyl sites for hydroxylation is 2. The van der Waals surface area contributed by atoms with E-state index in [2.05, 4.69) is 25.7 Å². The Morgan fingerprint density at radius 1 is 0.800 bits per heavy atom. The van der Waals surface area contributed by atoms with Crippen LogP contribution >= 0.6 is 34.4 Å². The van der Waals surface area contributed by atoms with Crippen LogP contribution in [0, 0.1) is 10.8 Å². The quantitative estimate of drug-likeness (QED) is 0.316. The third kappa shape index (κ3) is 5.63. The first-order valence-electron chi connectivity index (χ1n) is 10.6. The highest BCUT2D eigenvalue weighted by Crippen LogP contribution is 2.59. The van der Waals surface area contributed by atoms with Crippen molar-refractivity contribution in [1.82, 2.24) is 20.4 Å². The van der Waals surface area contributed by atoms with E-state index in [1.165, 1.54) is 0 Å². The number of nitrogens with one attached hydrogen (secondary N) is 1. The van der Waals surface area contributed by atoms with Gasteiger partial charge >= 0.3 is 12.4 Å². The minimum Gasteiger partial charge on any atom is -0.300 e. The molecule has 0 atom stereocenters. The van der Waals surface area contributed by atoms with Gasteiger partial charge in [-0.15, -0.1) is 31.7 Å². The number of amides is 1. The molecule has 1 N–H and O–H groups in total. The van der Waals surface area contributed by atoms with Crippen LogP contribution in [0.25, 0.3) is 0 Å². The summed E-state index contributed by atoms with van der Waals surface area (Å²) in [5, 5.41) is 19.1. The summed E-state index contributed by atoms with van der Waals surface area (Å²) in [6.45, 7) is 0. The Hall–Kier alpha value is -1.81. The highest BCUT2D eigenvalue weighted by Gasteiger charge is 2.69. The number of ketones is 1. The van der Waals surface area contributed by atoms with Gasteiger partial charge in [-0.3, -0.25) is 14.9 Å². The summed E-state index contributed by atoms with van der Waals surface area (Å²) in [5.74, 6) is -0.690. The molecule has 0 saturated heterocycles. The molecule has 192 valence electrons. The molecule has 1 amide bonds. The predicted molar refractivity (Wildman–Crippen MR) is 117 cm³/mol. The molecular formula is C19H19F6N5O2S3. The molecule has 2 aliphatic carbocycles. The third-order valence-electron chi connectivity index (χ3n) is 5.98. The van der Waals surface area contributed by atoms with Gasteiger partial charge < -0.3 is 0 Å². The summed E-state index contributed by atoms with van der Waals surface area (Å²) in [4.78, 5) is 24.0. The molecule has 0 aliphatic heterocycles. The molecule has 2 heterocycles. The average Bonchev–Trinajstić information content (AvgIpc) is 3.66. The summed E-state index contributed by atoms with van der Waals surface area (Å²) in [6.07, 6.45) is -9.27. The van der Waals surface area contributed by atoms with Crippen LogP contribution in [0.3, 0.4) is 0 Å². The molecule has 35 heavy (non-hydrogen) atoms.